The molecule has 0 aliphatic rings. The number of primary amides is 1. The van der Waals surface area contributed by atoms with Gasteiger partial charge >= 0.3 is 6.03 Å². The minimum atomic E-state index is -0.689. The number of anilines is 1. The molecule has 1 aromatic heterocycles. The van der Waals surface area contributed by atoms with Crippen molar-refractivity contribution in [3.05, 3.63) is 72.2 Å². The molecule has 0 aliphatic heterocycles. The van der Waals surface area contributed by atoms with E-state index in [1.54, 1.807) is 24.4 Å². The predicted molar refractivity (Wildman–Crippen MR) is 92.8 cm³/mol. The van der Waals surface area contributed by atoms with E-state index < -0.39 is 6.03 Å². The molecule has 3 aromatic rings. The number of oxazole rings is 1. The van der Waals surface area contributed by atoms with Gasteiger partial charge in [-0.2, -0.15) is 0 Å². The Hall–Kier alpha value is -3.61. The van der Waals surface area contributed by atoms with Gasteiger partial charge in [0.05, 0.1) is 12.7 Å². The third-order valence-corrected chi connectivity index (χ3v) is 3.40. The first-order valence-corrected chi connectivity index (χ1v) is 7.56. The highest BCUT2D eigenvalue weighted by Gasteiger charge is 2.10. The van der Waals surface area contributed by atoms with Crippen molar-refractivity contribution in [3.63, 3.8) is 0 Å². The molecule has 0 fully saturated rings. The number of nitrogens with two attached hydrogens (primary N) is 1. The van der Waals surface area contributed by atoms with Crippen LogP contribution in [0.15, 0.2) is 65.2 Å². The number of aromatic nitrogens is 1. The van der Waals surface area contributed by atoms with E-state index in [9.17, 15) is 9.59 Å². The second-order valence-electron chi connectivity index (χ2n) is 5.24. The quantitative estimate of drug-likeness (QED) is 0.665. The molecule has 2 aromatic carbocycles. The van der Waals surface area contributed by atoms with Crippen LogP contribution in [0, 0.1) is 0 Å². The number of benzene rings is 2. The molecule has 1 heterocycles. The monoisotopic (exact) mass is 336 g/mol. The molecule has 0 saturated carbocycles. The van der Waals surface area contributed by atoms with E-state index in [2.05, 4.69) is 15.6 Å². The van der Waals surface area contributed by atoms with Gasteiger partial charge in [0.25, 0.3) is 5.91 Å². The Morgan fingerprint density at radius 3 is 2.64 bits per heavy atom. The van der Waals surface area contributed by atoms with E-state index in [-0.39, 0.29) is 12.5 Å². The third-order valence-electron chi connectivity index (χ3n) is 3.40. The van der Waals surface area contributed by atoms with Crippen LogP contribution in [0.25, 0.3) is 11.3 Å². The van der Waals surface area contributed by atoms with Gasteiger partial charge in [-0.15, -0.1) is 0 Å². The number of amides is 3. The van der Waals surface area contributed by atoms with E-state index in [4.69, 9.17) is 10.2 Å². The zero-order chi connectivity index (χ0) is 17.6. The molecule has 0 saturated heterocycles. The summed E-state index contributed by atoms with van der Waals surface area (Å²) in [5, 5.41) is 5.14. The number of urea groups is 1. The van der Waals surface area contributed by atoms with Crippen LogP contribution in [-0.2, 0) is 6.54 Å². The summed E-state index contributed by atoms with van der Waals surface area (Å²) >= 11 is 0. The average Bonchev–Trinajstić information content (AvgIpc) is 3.09. The lowest BCUT2D eigenvalue weighted by Gasteiger charge is -2.06. The van der Waals surface area contributed by atoms with E-state index in [1.165, 1.54) is 6.07 Å². The summed E-state index contributed by atoms with van der Waals surface area (Å²) in [6, 6.07) is 15.3. The van der Waals surface area contributed by atoms with Gasteiger partial charge in [0, 0.05) is 16.8 Å². The predicted octanol–water partition coefficient (Wildman–Crippen LogP) is 2.76. The molecular weight excluding hydrogens is 320 g/mol. The fraction of sp³-hybridized carbons (Fsp3) is 0.0556. The second-order valence-corrected chi connectivity index (χ2v) is 5.24. The van der Waals surface area contributed by atoms with E-state index >= 15 is 0 Å². The third kappa shape index (κ3) is 4.23. The maximum absolute atomic E-state index is 12.2. The van der Waals surface area contributed by atoms with Gasteiger partial charge < -0.3 is 20.8 Å². The molecule has 0 spiro atoms. The van der Waals surface area contributed by atoms with Gasteiger partial charge in [0.15, 0.2) is 5.76 Å². The van der Waals surface area contributed by atoms with Crippen molar-refractivity contribution in [2.75, 3.05) is 5.32 Å². The molecule has 7 nitrogen and oxygen atoms in total. The number of hydrogen-bond donors (Lipinski definition) is 3. The Labute approximate surface area is 143 Å². The largest absolute Gasteiger partial charge is 0.439 e. The number of nitrogens with one attached hydrogen (secondary N) is 2. The maximum Gasteiger partial charge on any atom is 0.316 e. The first-order valence-electron chi connectivity index (χ1n) is 7.56. The van der Waals surface area contributed by atoms with Crippen molar-refractivity contribution in [3.8, 4) is 11.3 Å². The smallest absolute Gasteiger partial charge is 0.316 e. The topological polar surface area (TPSA) is 110 Å². The zero-order valence-electron chi connectivity index (χ0n) is 13.2. The van der Waals surface area contributed by atoms with Crippen molar-refractivity contribution in [1.82, 2.24) is 10.3 Å². The highest BCUT2D eigenvalue weighted by atomic mass is 16.4. The Morgan fingerprint density at radius 1 is 1.08 bits per heavy atom. The first-order chi connectivity index (χ1) is 12.1. The van der Waals surface area contributed by atoms with E-state index in [1.807, 2.05) is 30.3 Å². The normalized spacial score (nSPS) is 10.2. The highest BCUT2D eigenvalue weighted by Crippen LogP contribution is 2.19. The molecular formula is C18H16N4O3. The highest BCUT2D eigenvalue weighted by molar-refractivity contribution is 5.96. The lowest BCUT2D eigenvalue weighted by Crippen LogP contribution is -2.23. The molecule has 3 amide bonds. The number of carbonyl (C=O) groups excluding carboxylic acids is 2. The molecule has 0 aliphatic carbocycles. The summed E-state index contributed by atoms with van der Waals surface area (Å²) in [7, 11) is 0. The first kappa shape index (κ1) is 16.3. The summed E-state index contributed by atoms with van der Waals surface area (Å²) in [5.41, 5.74) is 6.82. The molecule has 0 unspecified atom stereocenters. The van der Waals surface area contributed by atoms with Gasteiger partial charge in [-0.1, -0.05) is 36.4 Å². The van der Waals surface area contributed by atoms with Gasteiger partial charge in [-0.25, -0.2) is 9.78 Å². The van der Waals surface area contributed by atoms with Crippen LogP contribution in [0.1, 0.15) is 16.2 Å². The summed E-state index contributed by atoms with van der Waals surface area (Å²) < 4.78 is 5.63. The van der Waals surface area contributed by atoms with E-state index in [0.29, 0.717) is 22.9 Å². The number of nitrogens with zero attached hydrogens (tertiary/aromatic N) is 1. The average molecular weight is 336 g/mol. The molecule has 7 heteroatoms. The molecule has 0 radical (unpaired) electrons. The zero-order valence-corrected chi connectivity index (χ0v) is 13.2. The summed E-state index contributed by atoms with van der Waals surface area (Å²) in [6.07, 6.45) is 1.62. The summed E-state index contributed by atoms with van der Waals surface area (Å²) in [6.45, 7) is 0.152. The van der Waals surface area contributed by atoms with Crippen LogP contribution in [-0.4, -0.2) is 16.9 Å². The van der Waals surface area contributed by atoms with Crippen LogP contribution >= 0.6 is 0 Å². The fourth-order valence-corrected chi connectivity index (χ4v) is 2.27. The standard InChI is InChI=1S/C18H16N4O3/c19-18(24)22-14-8-4-7-13(9-14)17(23)21-11-16-20-10-15(25-16)12-5-2-1-3-6-12/h1-10H,11H2,(H,21,23)(H3,19,22,24). The van der Waals surface area contributed by atoms with Crippen molar-refractivity contribution >= 4 is 17.6 Å². The number of hydrogen-bond acceptors (Lipinski definition) is 4. The Morgan fingerprint density at radius 2 is 1.88 bits per heavy atom. The lowest BCUT2D eigenvalue weighted by atomic mass is 10.2. The molecule has 0 atom stereocenters. The van der Waals surface area contributed by atoms with Crippen molar-refractivity contribution < 1.29 is 14.0 Å². The number of carbonyl (C=O) groups is 2. The Balaban J connectivity index is 1.63. The molecule has 126 valence electrons. The number of rotatable bonds is 5. The molecule has 25 heavy (non-hydrogen) atoms. The Bertz CT molecular complexity index is 890. The van der Waals surface area contributed by atoms with E-state index in [0.717, 1.165) is 5.56 Å². The van der Waals surface area contributed by atoms with Gasteiger partial charge in [0.2, 0.25) is 5.89 Å². The second kappa shape index (κ2) is 7.31. The van der Waals surface area contributed by atoms with Crippen LogP contribution in [0.3, 0.4) is 0 Å². The lowest BCUT2D eigenvalue weighted by molar-refractivity contribution is 0.0947. The minimum absolute atomic E-state index is 0.152. The molecule has 3 rings (SSSR count). The summed E-state index contributed by atoms with van der Waals surface area (Å²) in [5.74, 6) is 0.726. The van der Waals surface area contributed by atoms with Crippen LogP contribution in [0.4, 0.5) is 10.5 Å². The van der Waals surface area contributed by atoms with Crippen molar-refractivity contribution in [2.45, 2.75) is 6.54 Å². The van der Waals surface area contributed by atoms with Gasteiger partial charge in [0.1, 0.15) is 0 Å². The fourth-order valence-electron chi connectivity index (χ4n) is 2.27. The Kier molecular flexibility index (Phi) is 4.75. The molecule has 0 bridgehead atoms. The summed E-state index contributed by atoms with van der Waals surface area (Å²) in [4.78, 5) is 27.2. The SMILES string of the molecule is NC(=O)Nc1cccc(C(=O)NCc2ncc(-c3ccccc3)o2)c1. The van der Waals surface area contributed by atoms with Crippen LogP contribution < -0.4 is 16.4 Å². The maximum atomic E-state index is 12.2. The minimum Gasteiger partial charge on any atom is -0.439 e. The van der Waals surface area contributed by atoms with Crippen LogP contribution in [0.2, 0.25) is 0 Å². The van der Waals surface area contributed by atoms with Crippen LogP contribution in [0.5, 0.6) is 0 Å². The van der Waals surface area contributed by atoms with Crippen molar-refractivity contribution in [1.29, 1.82) is 0 Å². The van der Waals surface area contributed by atoms with Crippen molar-refractivity contribution in [2.24, 2.45) is 5.73 Å². The van der Waals surface area contributed by atoms with Gasteiger partial charge in [-0.3, -0.25) is 4.79 Å². The molecule has 4 N–H and O–H groups in total. The van der Waals surface area contributed by atoms with Gasteiger partial charge in [-0.05, 0) is 18.2 Å².